The molecule has 3 N–H and O–H groups in total. The Labute approximate surface area is 231 Å². The Morgan fingerprint density at radius 1 is 1.05 bits per heavy atom. The average Bonchev–Trinajstić information content (AvgIpc) is 3.39. The zero-order chi connectivity index (χ0) is 27.4. The number of rotatable bonds is 7. The monoisotopic (exact) mass is 544 g/mol. The fourth-order valence-electron chi connectivity index (χ4n) is 4.81. The number of pyridine rings is 1. The second-order valence-corrected chi connectivity index (χ2v) is 10.2. The molecule has 0 aliphatic carbocycles. The predicted octanol–water partition coefficient (Wildman–Crippen LogP) is 4.31. The van der Waals surface area contributed by atoms with Crippen LogP contribution in [0.25, 0.3) is 17.2 Å². The van der Waals surface area contributed by atoms with Crippen LogP contribution < -0.4 is 15.8 Å². The number of ether oxygens (including phenoxy) is 1. The van der Waals surface area contributed by atoms with Crippen LogP contribution in [0.3, 0.4) is 0 Å². The molecule has 200 valence electrons. The summed E-state index contributed by atoms with van der Waals surface area (Å²) < 4.78 is 6.01. The number of benzene rings is 2. The lowest BCUT2D eigenvalue weighted by Crippen LogP contribution is -2.40. The molecule has 2 aliphatic heterocycles. The first-order valence-electron chi connectivity index (χ1n) is 13.0. The van der Waals surface area contributed by atoms with Crippen molar-refractivity contribution in [2.45, 2.75) is 31.8 Å². The highest BCUT2D eigenvalue weighted by atomic mass is 35.5. The lowest BCUT2D eigenvalue weighted by Gasteiger charge is -2.25. The highest BCUT2D eigenvalue weighted by Gasteiger charge is 2.27. The van der Waals surface area contributed by atoms with E-state index in [9.17, 15) is 14.4 Å². The number of ketones is 1. The second-order valence-electron chi connectivity index (χ2n) is 9.74. The first-order chi connectivity index (χ1) is 18.9. The van der Waals surface area contributed by atoms with Crippen molar-refractivity contribution in [2.75, 3.05) is 25.4 Å². The van der Waals surface area contributed by atoms with Gasteiger partial charge in [0.05, 0.1) is 11.6 Å². The van der Waals surface area contributed by atoms with Gasteiger partial charge in [-0.2, -0.15) is 0 Å². The third-order valence-corrected chi connectivity index (χ3v) is 7.19. The Kier molecular flexibility index (Phi) is 7.93. The summed E-state index contributed by atoms with van der Waals surface area (Å²) in [7, 11) is 0. The molecule has 2 aliphatic rings. The van der Waals surface area contributed by atoms with Crippen LogP contribution in [0.1, 0.15) is 40.7 Å². The Bertz CT molecular complexity index is 1410. The molecule has 1 aromatic heterocycles. The van der Waals surface area contributed by atoms with Gasteiger partial charge in [0.15, 0.2) is 0 Å². The van der Waals surface area contributed by atoms with Crippen molar-refractivity contribution >= 4 is 41.1 Å². The molecule has 1 unspecified atom stereocenters. The molecule has 3 heterocycles. The number of piperidine rings is 1. The Morgan fingerprint density at radius 2 is 1.82 bits per heavy atom. The maximum absolute atomic E-state index is 12.7. The summed E-state index contributed by atoms with van der Waals surface area (Å²) in [4.78, 5) is 43.2. The van der Waals surface area contributed by atoms with Gasteiger partial charge in [0.1, 0.15) is 17.7 Å². The molecule has 39 heavy (non-hydrogen) atoms. The van der Waals surface area contributed by atoms with E-state index in [4.69, 9.17) is 22.1 Å². The maximum Gasteiger partial charge on any atom is 0.294 e. The minimum absolute atomic E-state index is 0.244. The van der Waals surface area contributed by atoms with Crippen LogP contribution in [0, 0.1) is 0 Å². The fraction of sp³-hybridized carbons (Fsp3) is 0.267. The second kappa shape index (κ2) is 11.7. The lowest BCUT2D eigenvalue weighted by atomic mass is 9.98. The van der Waals surface area contributed by atoms with E-state index in [1.54, 1.807) is 41.4 Å². The van der Waals surface area contributed by atoms with E-state index >= 15 is 0 Å². The Hall–Kier alpha value is -4.17. The highest BCUT2D eigenvalue weighted by Crippen LogP contribution is 2.39. The number of likely N-dealkylation sites (tertiary alicyclic amines) is 1. The van der Waals surface area contributed by atoms with Crippen LogP contribution in [-0.2, 0) is 16.0 Å². The van der Waals surface area contributed by atoms with Crippen molar-refractivity contribution in [3.05, 3.63) is 82.5 Å². The van der Waals surface area contributed by atoms with Gasteiger partial charge in [-0.25, -0.2) is 4.98 Å². The first kappa shape index (κ1) is 26.4. The summed E-state index contributed by atoms with van der Waals surface area (Å²) in [6.07, 6.45) is 8.01. The van der Waals surface area contributed by atoms with E-state index in [2.05, 4.69) is 10.3 Å². The predicted molar refractivity (Wildman–Crippen MR) is 150 cm³/mol. The van der Waals surface area contributed by atoms with Crippen LogP contribution in [0.4, 0.5) is 5.82 Å². The zero-order valence-electron chi connectivity index (χ0n) is 21.4. The quantitative estimate of drug-likeness (QED) is 0.260. The third kappa shape index (κ3) is 6.29. The Balaban J connectivity index is 1.19. The van der Waals surface area contributed by atoms with Crippen molar-refractivity contribution in [1.29, 1.82) is 0 Å². The number of aromatic nitrogens is 1. The average molecular weight is 545 g/mol. The molecule has 9 heteroatoms. The SMILES string of the molecule is Nc1ccc(/C=C/C(=O)NCC2Cc3cc(-c4ccc(C(=O)C(=O)N5CCCCC5)cc4)cc(Cl)c3O2)cn1. The molecule has 1 atom stereocenters. The summed E-state index contributed by atoms with van der Waals surface area (Å²) in [6.45, 7) is 1.60. The molecule has 5 rings (SSSR count). The van der Waals surface area contributed by atoms with Crippen molar-refractivity contribution in [1.82, 2.24) is 15.2 Å². The van der Waals surface area contributed by atoms with Crippen LogP contribution in [-0.4, -0.2) is 53.2 Å². The number of nitrogen functional groups attached to an aromatic ring is 1. The molecule has 0 bridgehead atoms. The molecular formula is C30H29ClN4O4. The van der Waals surface area contributed by atoms with Crippen LogP contribution >= 0.6 is 11.6 Å². The van der Waals surface area contributed by atoms with Gasteiger partial charge in [-0.3, -0.25) is 14.4 Å². The normalized spacial score (nSPS) is 16.5. The number of carbonyl (C=O) groups is 3. The third-order valence-electron chi connectivity index (χ3n) is 6.91. The molecule has 2 amide bonds. The van der Waals surface area contributed by atoms with Crippen LogP contribution in [0.2, 0.25) is 5.02 Å². The van der Waals surface area contributed by atoms with E-state index in [0.29, 0.717) is 48.2 Å². The van der Waals surface area contributed by atoms with Gasteiger partial charge in [-0.15, -0.1) is 0 Å². The topological polar surface area (TPSA) is 115 Å². The number of hydrogen-bond donors (Lipinski definition) is 2. The summed E-state index contributed by atoms with van der Waals surface area (Å²) in [5.74, 6) is -0.124. The number of amides is 2. The summed E-state index contributed by atoms with van der Waals surface area (Å²) in [5.41, 5.74) is 9.43. The van der Waals surface area contributed by atoms with E-state index < -0.39 is 11.7 Å². The number of nitrogens with zero attached hydrogens (tertiary/aromatic N) is 2. The van der Waals surface area contributed by atoms with E-state index in [1.165, 1.54) is 6.08 Å². The number of nitrogens with one attached hydrogen (secondary N) is 1. The zero-order valence-corrected chi connectivity index (χ0v) is 22.1. The molecule has 2 aromatic carbocycles. The van der Waals surface area contributed by atoms with E-state index in [1.807, 2.05) is 24.3 Å². The minimum atomic E-state index is -0.478. The van der Waals surface area contributed by atoms with Crippen molar-refractivity contribution in [2.24, 2.45) is 0 Å². The molecule has 1 saturated heterocycles. The van der Waals surface area contributed by atoms with Gasteiger partial charge in [0.25, 0.3) is 5.91 Å². The van der Waals surface area contributed by atoms with E-state index in [0.717, 1.165) is 41.5 Å². The summed E-state index contributed by atoms with van der Waals surface area (Å²) in [5, 5.41) is 3.33. The molecule has 0 spiro atoms. The summed E-state index contributed by atoms with van der Waals surface area (Å²) >= 11 is 6.55. The number of nitrogens with two attached hydrogens (primary N) is 1. The van der Waals surface area contributed by atoms with Gasteiger partial charge in [0, 0.05) is 42.9 Å². The molecular weight excluding hydrogens is 516 g/mol. The smallest absolute Gasteiger partial charge is 0.294 e. The summed E-state index contributed by atoms with van der Waals surface area (Å²) in [6, 6.07) is 14.3. The number of carbonyl (C=O) groups excluding carboxylic acids is 3. The van der Waals surface area contributed by atoms with Gasteiger partial charge in [-0.1, -0.05) is 35.9 Å². The number of halogens is 1. The van der Waals surface area contributed by atoms with Gasteiger partial charge in [0.2, 0.25) is 11.7 Å². The number of hydrogen-bond acceptors (Lipinski definition) is 6. The number of fused-ring (bicyclic) bond motifs is 1. The largest absolute Gasteiger partial charge is 0.486 e. The molecule has 3 aromatic rings. The van der Waals surface area contributed by atoms with Crippen LogP contribution in [0.15, 0.2) is 60.8 Å². The molecule has 0 saturated carbocycles. The van der Waals surface area contributed by atoms with Crippen molar-refractivity contribution < 1.29 is 19.1 Å². The van der Waals surface area contributed by atoms with Crippen molar-refractivity contribution in [3.63, 3.8) is 0 Å². The first-order valence-corrected chi connectivity index (χ1v) is 13.4. The Morgan fingerprint density at radius 3 is 2.54 bits per heavy atom. The molecule has 8 nitrogen and oxygen atoms in total. The molecule has 1 fully saturated rings. The molecule has 0 radical (unpaired) electrons. The van der Waals surface area contributed by atoms with Crippen LogP contribution in [0.5, 0.6) is 5.75 Å². The van der Waals surface area contributed by atoms with E-state index in [-0.39, 0.29) is 12.0 Å². The highest BCUT2D eigenvalue weighted by molar-refractivity contribution is 6.42. The maximum atomic E-state index is 12.7. The van der Waals surface area contributed by atoms with Crippen molar-refractivity contribution in [3.8, 4) is 16.9 Å². The van der Waals surface area contributed by atoms with Gasteiger partial charge in [-0.05, 0) is 66.3 Å². The number of Topliss-reactive ketones (excluding diaryl/α,β-unsaturated/α-hetero) is 1. The van der Waals surface area contributed by atoms with Gasteiger partial charge < -0.3 is 20.7 Å². The minimum Gasteiger partial charge on any atom is -0.486 e. The fourth-order valence-corrected chi connectivity index (χ4v) is 5.09. The lowest BCUT2D eigenvalue weighted by molar-refractivity contribution is -0.127. The number of anilines is 1. The standard InChI is InChI=1S/C30H29ClN4O4/c31-25-16-22(20-6-8-21(9-7-20)28(37)30(38)35-12-2-1-3-13-35)14-23-15-24(39-29(23)25)18-34-27(36)11-5-19-4-10-26(32)33-17-19/h4-11,14,16-17,24H,1-3,12-13,15,18H2,(H2,32,33)(H,34,36)/b11-5+. The van der Waals surface area contributed by atoms with Gasteiger partial charge >= 0.3 is 0 Å².